The van der Waals surface area contributed by atoms with Gasteiger partial charge in [-0.1, -0.05) is 29.3 Å². The first kappa shape index (κ1) is 18.9. The average molecular weight is 382 g/mol. The molecule has 0 fully saturated rings. The Balaban J connectivity index is 1.85. The van der Waals surface area contributed by atoms with Crippen LogP contribution in [0, 0.1) is 0 Å². The highest BCUT2D eigenvalue weighted by Gasteiger charge is 2.10. The van der Waals surface area contributed by atoms with Crippen molar-refractivity contribution < 1.29 is 14.3 Å². The smallest absolute Gasteiger partial charge is 0.276 e. The van der Waals surface area contributed by atoms with Gasteiger partial charge in [-0.15, -0.1) is 0 Å². The van der Waals surface area contributed by atoms with E-state index in [4.69, 9.17) is 27.9 Å². The summed E-state index contributed by atoms with van der Waals surface area (Å²) in [5.41, 5.74) is 5.92. The maximum Gasteiger partial charge on any atom is 0.276 e. The van der Waals surface area contributed by atoms with Gasteiger partial charge in [0.2, 0.25) is 0 Å². The van der Waals surface area contributed by atoms with Crippen molar-refractivity contribution in [3.63, 3.8) is 0 Å². The van der Waals surface area contributed by atoms with E-state index < -0.39 is 11.8 Å². The molecule has 0 spiro atoms. The number of benzene rings is 2. The minimum absolute atomic E-state index is 0.296. The van der Waals surface area contributed by atoms with Crippen molar-refractivity contribution in [3.05, 3.63) is 58.1 Å². The summed E-state index contributed by atoms with van der Waals surface area (Å²) in [5, 5.41) is 0.763. The Morgan fingerprint density at radius 2 is 1.84 bits per heavy atom. The number of amides is 2. The summed E-state index contributed by atoms with van der Waals surface area (Å²) in [6.45, 7) is -0.306. The SMILES string of the molecule is CN(C)c1cccc(C(=O)NNC(=O)COc2ccc(Cl)cc2Cl)c1. The van der Waals surface area contributed by atoms with Gasteiger partial charge in [0.1, 0.15) is 5.75 Å². The van der Waals surface area contributed by atoms with E-state index >= 15 is 0 Å². The Kier molecular flexibility index (Phi) is 6.50. The van der Waals surface area contributed by atoms with Crippen molar-refractivity contribution in [3.8, 4) is 5.75 Å². The lowest BCUT2D eigenvalue weighted by Gasteiger charge is -2.14. The third-order valence-corrected chi connectivity index (χ3v) is 3.72. The van der Waals surface area contributed by atoms with Gasteiger partial charge in [-0.25, -0.2) is 0 Å². The molecule has 0 atom stereocenters. The summed E-state index contributed by atoms with van der Waals surface area (Å²) < 4.78 is 5.28. The van der Waals surface area contributed by atoms with Crippen molar-refractivity contribution in [2.24, 2.45) is 0 Å². The van der Waals surface area contributed by atoms with Crippen LogP contribution in [0.5, 0.6) is 5.75 Å². The zero-order chi connectivity index (χ0) is 18.4. The summed E-state index contributed by atoms with van der Waals surface area (Å²) in [6, 6.07) is 11.7. The fourth-order valence-electron chi connectivity index (χ4n) is 1.90. The van der Waals surface area contributed by atoms with E-state index in [9.17, 15) is 9.59 Å². The van der Waals surface area contributed by atoms with Crippen molar-refractivity contribution in [2.75, 3.05) is 25.6 Å². The quantitative estimate of drug-likeness (QED) is 0.781. The number of hydrogen-bond acceptors (Lipinski definition) is 4. The molecule has 8 heteroatoms. The van der Waals surface area contributed by atoms with Gasteiger partial charge in [0.05, 0.1) is 5.02 Å². The Bertz CT molecular complexity index is 781. The van der Waals surface area contributed by atoms with Crippen LogP contribution in [-0.2, 0) is 4.79 Å². The molecule has 132 valence electrons. The van der Waals surface area contributed by atoms with Gasteiger partial charge in [0.25, 0.3) is 11.8 Å². The van der Waals surface area contributed by atoms with Crippen LogP contribution in [0.4, 0.5) is 5.69 Å². The second-order valence-electron chi connectivity index (χ2n) is 5.31. The molecule has 0 aliphatic carbocycles. The molecule has 2 aromatic carbocycles. The van der Waals surface area contributed by atoms with Crippen LogP contribution in [0.1, 0.15) is 10.4 Å². The van der Waals surface area contributed by atoms with Gasteiger partial charge in [0.15, 0.2) is 6.61 Å². The maximum absolute atomic E-state index is 12.1. The molecule has 0 heterocycles. The molecule has 0 aliphatic rings. The first-order chi connectivity index (χ1) is 11.9. The number of carbonyl (C=O) groups is 2. The number of hydrazine groups is 1. The molecule has 2 rings (SSSR count). The zero-order valence-corrected chi connectivity index (χ0v) is 15.2. The van der Waals surface area contributed by atoms with Crippen molar-refractivity contribution in [1.29, 1.82) is 0 Å². The molecule has 0 aromatic heterocycles. The summed E-state index contributed by atoms with van der Waals surface area (Å²) >= 11 is 11.7. The third kappa shape index (κ3) is 5.55. The first-order valence-corrected chi connectivity index (χ1v) is 8.07. The summed E-state index contributed by atoms with van der Waals surface area (Å²) in [6.07, 6.45) is 0. The molecule has 2 aromatic rings. The Labute approximate surface area is 155 Å². The lowest BCUT2D eigenvalue weighted by atomic mass is 10.2. The molecule has 0 unspecified atom stereocenters. The van der Waals surface area contributed by atoms with Gasteiger partial charge >= 0.3 is 0 Å². The van der Waals surface area contributed by atoms with Gasteiger partial charge < -0.3 is 9.64 Å². The van der Waals surface area contributed by atoms with Crippen LogP contribution >= 0.6 is 23.2 Å². The Morgan fingerprint density at radius 3 is 2.52 bits per heavy atom. The van der Waals surface area contributed by atoms with Crippen LogP contribution in [0.2, 0.25) is 10.0 Å². The van der Waals surface area contributed by atoms with Crippen LogP contribution in [0.3, 0.4) is 0 Å². The number of halogens is 2. The maximum atomic E-state index is 12.1. The van der Waals surface area contributed by atoms with Crippen LogP contribution in [-0.4, -0.2) is 32.5 Å². The van der Waals surface area contributed by atoms with E-state index in [1.807, 2.05) is 25.1 Å². The predicted octanol–water partition coefficient (Wildman–Crippen LogP) is 2.90. The predicted molar refractivity (Wildman–Crippen MR) is 98.3 cm³/mol. The summed E-state index contributed by atoms with van der Waals surface area (Å²) in [4.78, 5) is 25.7. The standard InChI is InChI=1S/C17H17Cl2N3O3/c1-22(2)13-5-3-4-11(8-13)17(24)21-20-16(23)10-25-15-7-6-12(18)9-14(15)19/h3-9H,10H2,1-2H3,(H,20,23)(H,21,24). The number of rotatable bonds is 5. The van der Waals surface area contributed by atoms with Crippen molar-refractivity contribution in [2.45, 2.75) is 0 Å². The molecule has 0 bridgehead atoms. The van der Waals surface area contributed by atoms with E-state index in [2.05, 4.69) is 10.9 Å². The molecular weight excluding hydrogens is 365 g/mol. The molecule has 25 heavy (non-hydrogen) atoms. The lowest BCUT2D eigenvalue weighted by molar-refractivity contribution is -0.123. The van der Waals surface area contributed by atoms with Crippen molar-refractivity contribution in [1.82, 2.24) is 10.9 Å². The Morgan fingerprint density at radius 1 is 1.08 bits per heavy atom. The molecule has 6 nitrogen and oxygen atoms in total. The second-order valence-corrected chi connectivity index (χ2v) is 6.15. The highest BCUT2D eigenvalue weighted by molar-refractivity contribution is 6.35. The van der Waals surface area contributed by atoms with Crippen LogP contribution < -0.4 is 20.5 Å². The van der Waals surface area contributed by atoms with E-state index in [1.165, 1.54) is 6.07 Å². The molecule has 0 saturated heterocycles. The monoisotopic (exact) mass is 381 g/mol. The Hall–Kier alpha value is -2.44. The highest BCUT2D eigenvalue weighted by atomic mass is 35.5. The zero-order valence-electron chi connectivity index (χ0n) is 13.7. The van der Waals surface area contributed by atoms with E-state index in [-0.39, 0.29) is 6.61 Å². The number of ether oxygens (including phenoxy) is 1. The number of hydrogen-bond donors (Lipinski definition) is 2. The van der Waals surface area contributed by atoms with E-state index in [0.29, 0.717) is 21.4 Å². The minimum atomic E-state index is -0.525. The van der Waals surface area contributed by atoms with Gasteiger partial charge in [0, 0.05) is 30.4 Å². The fraction of sp³-hybridized carbons (Fsp3) is 0.176. The van der Waals surface area contributed by atoms with Crippen LogP contribution in [0.15, 0.2) is 42.5 Å². The van der Waals surface area contributed by atoms with Crippen molar-refractivity contribution >= 4 is 40.7 Å². The second kappa shape index (κ2) is 8.60. The van der Waals surface area contributed by atoms with E-state index in [0.717, 1.165) is 5.69 Å². The molecule has 2 amide bonds. The largest absolute Gasteiger partial charge is 0.482 e. The molecular formula is C17H17Cl2N3O3. The molecule has 0 aliphatic heterocycles. The lowest BCUT2D eigenvalue weighted by Crippen LogP contribution is -2.43. The van der Waals surface area contributed by atoms with Gasteiger partial charge in [-0.3, -0.25) is 20.4 Å². The average Bonchev–Trinajstić information content (AvgIpc) is 2.59. The molecule has 0 saturated carbocycles. The van der Waals surface area contributed by atoms with E-state index in [1.54, 1.807) is 30.3 Å². The topological polar surface area (TPSA) is 70.7 Å². The fourth-order valence-corrected chi connectivity index (χ4v) is 2.36. The number of nitrogens with one attached hydrogen (secondary N) is 2. The van der Waals surface area contributed by atoms with Gasteiger partial charge in [-0.2, -0.15) is 0 Å². The third-order valence-electron chi connectivity index (χ3n) is 3.19. The van der Waals surface area contributed by atoms with Crippen LogP contribution in [0.25, 0.3) is 0 Å². The minimum Gasteiger partial charge on any atom is -0.482 e. The number of nitrogens with zero attached hydrogens (tertiary/aromatic N) is 1. The highest BCUT2D eigenvalue weighted by Crippen LogP contribution is 2.27. The first-order valence-electron chi connectivity index (χ1n) is 7.31. The summed E-state index contributed by atoms with van der Waals surface area (Å²) in [5.74, 6) is -0.629. The summed E-state index contributed by atoms with van der Waals surface area (Å²) in [7, 11) is 3.75. The number of anilines is 1. The molecule has 0 radical (unpaired) electrons. The molecule has 2 N–H and O–H groups in total. The number of carbonyl (C=O) groups excluding carboxylic acids is 2. The van der Waals surface area contributed by atoms with Gasteiger partial charge in [-0.05, 0) is 36.4 Å². The normalized spacial score (nSPS) is 10.1.